The molecule has 0 bridgehead atoms. The van der Waals surface area contributed by atoms with Crippen LogP contribution in [0.1, 0.15) is 5.56 Å². The van der Waals surface area contributed by atoms with E-state index in [9.17, 15) is 0 Å². The molecular formula is C9H11BF3KO-4. The Labute approximate surface area is 133 Å². The van der Waals surface area contributed by atoms with Gasteiger partial charge < -0.3 is 34.2 Å². The molecule has 0 amide bonds. The smallest absolute Gasteiger partial charge is 1.00 e. The van der Waals surface area contributed by atoms with E-state index in [1.807, 2.05) is 30.3 Å². The summed E-state index contributed by atoms with van der Waals surface area (Å²) in [5.41, 5.74) is 1.20. The van der Waals surface area contributed by atoms with Crippen LogP contribution in [0, 0.1) is 6.92 Å². The molecular weight excluding hydrogens is 231 g/mol. The Hall–Kier alpha value is 0.671. The summed E-state index contributed by atoms with van der Waals surface area (Å²) in [5.74, 6) is 0. The molecule has 0 aromatic heterocycles. The quantitative estimate of drug-likeness (QED) is 0.378. The van der Waals surface area contributed by atoms with E-state index in [1.165, 1.54) is 5.56 Å². The van der Waals surface area contributed by atoms with E-state index in [1.54, 1.807) is 0 Å². The van der Waals surface area contributed by atoms with Gasteiger partial charge >= 0.3 is 51.4 Å². The van der Waals surface area contributed by atoms with E-state index in [4.69, 9.17) is 4.74 Å². The molecule has 0 aliphatic carbocycles. The van der Waals surface area contributed by atoms with Crippen molar-refractivity contribution in [3.8, 4) is 0 Å². The van der Waals surface area contributed by atoms with E-state index in [0.717, 1.165) is 0 Å². The Kier molecular flexibility index (Phi) is 39.8. The number of hydrogen-bond donors (Lipinski definition) is 0. The van der Waals surface area contributed by atoms with Crippen molar-refractivity contribution in [2.24, 2.45) is 0 Å². The number of halogens is 3. The Morgan fingerprint density at radius 3 is 1.87 bits per heavy atom. The Morgan fingerprint density at radius 1 is 1.00 bits per heavy atom. The van der Waals surface area contributed by atoms with E-state index in [0.29, 0.717) is 13.2 Å². The van der Waals surface area contributed by atoms with Gasteiger partial charge in [-0.3, -0.25) is 0 Å². The van der Waals surface area contributed by atoms with Gasteiger partial charge in [0.15, 0.2) is 0 Å². The van der Waals surface area contributed by atoms with Gasteiger partial charge in [0.05, 0.1) is 6.61 Å². The normalized spacial score (nSPS) is 6.47. The zero-order valence-corrected chi connectivity index (χ0v) is 11.8. The van der Waals surface area contributed by atoms with Crippen LogP contribution in [0.4, 0.5) is 0 Å². The molecule has 6 heteroatoms. The van der Waals surface area contributed by atoms with Gasteiger partial charge in [0.2, 0.25) is 0 Å². The molecule has 0 spiro atoms. The Bertz CT molecular complexity index is 190. The summed E-state index contributed by atoms with van der Waals surface area (Å²) in [6.45, 7) is 4.79. The predicted molar refractivity (Wildman–Crippen MR) is 47.2 cm³/mol. The van der Waals surface area contributed by atoms with Crippen LogP contribution in [-0.2, 0) is 11.3 Å². The van der Waals surface area contributed by atoms with Crippen LogP contribution in [0.5, 0.6) is 0 Å². The van der Waals surface area contributed by atoms with Crippen LogP contribution in [0.3, 0.4) is 0 Å². The zero-order chi connectivity index (χ0) is 7.23. The molecule has 0 saturated heterocycles. The molecule has 0 fully saturated rings. The molecule has 0 aliphatic rings. The van der Waals surface area contributed by atoms with Gasteiger partial charge in [-0.25, -0.2) is 0 Å². The first-order valence-corrected chi connectivity index (χ1v) is 3.34. The Balaban J connectivity index is -0.0000000667. The second-order valence-corrected chi connectivity index (χ2v) is 2.04. The minimum atomic E-state index is 0. The van der Waals surface area contributed by atoms with Crippen LogP contribution in [0.25, 0.3) is 0 Å². The first kappa shape index (κ1) is 29.6. The third-order valence-electron chi connectivity index (χ3n) is 1.26. The summed E-state index contributed by atoms with van der Waals surface area (Å²) in [5, 5.41) is 0. The molecule has 82 valence electrons. The van der Waals surface area contributed by atoms with Gasteiger partial charge in [-0.1, -0.05) is 36.9 Å². The first-order chi connectivity index (χ1) is 4.93. The minimum Gasteiger partial charge on any atom is -1.00 e. The van der Waals surface area contributed by atoms with E-state index < -0.39 is 0 Å². The summed E-state index contributed by atoms with van der Waals surface area (Å²) in [6, 6.07) is 10.1. The van der Waals surface area contributed by atoms with Gasteiger partial charge in [0, 0.05) is 0 Å². The van der Waals surface area contributed by atoms with Crippen molar-refractivity contribution in [1.82, 2.24) is 0 Å². The van der Waals surface area contributed by atoms with Crippen molar-refractivity contribution in [2.45, 2.75) is 6.61 Å². The fourth-order valence-electron chi connectivity index (χ4n) is 0.764. The van der Waals surface area contributed by atoms with Gasteiger partial charge in [-0.15, -0.1) is 0 Å². The summed E-state index contributed by atoms with van der Waals surface area (Å²) in [6.07, 6.45) is 0. The Morgan fingerprint density at radius 2 is 1.47 bits per heavy atom. The summed E-state index contributed by atoms with van der Waals surface area (Å²) < 4.78 is 5.11. The number of benzene rings is 1. The molecule has 0 heterocycles. The fraction of sp³-hybridized carbons (Fsp3) is 0.222. The van der Waals surface area contributed by atoms with Crippen LogP contribution in [0.15, 0.2) is 30.3 Å². The standard InChI is InChI=1S/C9H11O.B.3FH.K/c1-2-10-8-9-6-4-3-5-7-9;;;;;/h3-7H,1-2,8H2;;3*1H;/q2*-1;;;;+1/p-3. The molecule has 0 saturated carbocycles. The summed E-state index contributed by atoms with van der Waals surface area (Å²) >= 11 is 0. The second kappa shape index (κ2) is 20.1. The average molecular weight is 242 g/mol. The topological polar surface area (TPSA) is 9.23 Å². The summed E-state index contributed by atoms with van der Waals surface area (Å²) in [4.78, 5) is 0. The third-order valence-corrected chi connectivity index (χ3v) is 1.26. The molecule has 1 nitrogen and oxygen atoms in total. The van der Waals surface area contributed by atoms with Crippen LogP contribution < -0.4 is 65.5 Å². The van der Waals surface area contributed by atoms with Gasteiger partial charge in [-0.05, 0) is 5.56 Å². The molecule has 0 N–H and O–H groups in total. The molecule has 15 heavy (non-hydrogen) atoms. The SMILES string of the molecule is [B-].[CH2-]COCc1ccccc1.[F-].[F-].[F-].[K+]. The largest absolute Gasteiger partial charge is 1.00 e. The third kappa shape index (κ3) is 14.7. The van der Waals surface area contributed by atoms with Gasteiger partial charge in [0.25, 0.3) is 0 Å². The maximum absolute atomic E-state index is 5.11. The molecule has 1 aromatic carbocycles. The van der Waals surface area contributed by atoms with Crippen molar-refractivity contribution in [2.75, 3.05) is 6.61 Å². The van der Waals surface area contributed by atoms with Crippen molar-refractivity contribution in [3.63, 3.8) is 0 Å². The predicted octanol–water partition coefficient (Wildman–Crippen LogP) is -10.3. The molecule has 4 radical (unpaired) electrons. The molecule has 0 unspecified atom stereocenters. The monoisotopic (exact) mass is 242 g/mol. The van der Waals surface area contributed by atoms with Gasteiger partial charge in [0.1, 0.15) is 0 Å². The maximum atomic E-state index is 5.11. The molecule has 1 aromatic rings. The van der Waals surface area contributed by atoms with E-state index >= 15 is 0 Å². The van der Waals surface area contributed by atoms with E-state index in [2.05, 4.69) is 6.92 Å². The molecule has 0 aliphatic heterocycles. The maximum Gasteiger partial charge on any atom is 1.00 e. The van der Waals surface area contributed by atoms with Crippen LogP contribution in [-0.4, -0.2) is 15.0 Å². The van der Waals surface area contributed by atoms with Crippen molar-refractivity contribution in [1.29, 1.82) is 0 Å². The average Bonchev–Trinajstić information content (AvgIpc) is 2.03. The van der Waals surface area contributed by atoms with Crippen molar-refractivity contribution >= 4 is 8.41 Å². The molecule has 1 rings (SSSR count). The first-order valence-electron chi connectivity index (χ1n) is 3.34. The fourth-order valence-corrected chi connectivity index (χ4v) is 0.764. The molecule has 0 atom stereocenters. The number of hydrogen-bond acceptors (Lipinski definition) is 1. The van der Waals surface area contributed by atoms with Crippen LogP contribution >= 0.6 is 0 Å². The van der Waals surface area contributed by atoms with Gasteiger partial charge in [-0.2, -0.15) is 0 Å². The second-order valence-electron chi connectivity index (χ2n) is 2.04. The van der Waals surface area contributed by atoms with Crippen molar-refractivity contribution in [3.05, 3.63) is 42.8 Å². The minimum absolute atomic E-state index is 0. The van der Waals surface area contributed by atoms with Crippen molar-refractivity contribution < 1.29 is 70.2 Å². The van der Waals surface area contributed by atoms with E-state index in [-0.39, 0.29) is 73.9 Å². The number of ether oxygens (including phenoxy) is 1. The number of rotatable bonds is 3. The zero-order valence-electron chi connectivity index (χ0n) is 8.63. The summed E-state index contributed by atoms with van der Waals surface area (Å²) in [7, 11) is 0. The van der Waals surface area contributed by atoms with Crippen LogP contribution in [0.2, 0.25) is 0 Å².